The van der Waals surface area contributed by atoms with E-state index in [2.05, 4.69) is 19.7 Å². The number of nitrogens with zero attached hydrogens (tertiary/aromatic N) is 3. The predicted octanol–water partition coefficient (Wildman–Crippen LogP) is 5.80. The number of para-hydroxylation sites is 1. The van der Waals surface area contributed by atoms with Gasteiger partial charge in [-0.05, 0) is 48.5 Å². The Morgan fingerprint density at radius 1 is 1.00 bits per heavy atom. The summed E-state index contributed by atoms with van der Waals surface area (Å²) in [5.41, 5.74) is 2.05. The second-order valence-corrected chi connectivity index (χ2v) is 6.99. The van der Waals surface area contributed by atoms with Crippen molar-refractivity contribution in [2.45, 2.75) is 6.61 Å². The number of imidazole rings is 1. The fourth-order valence-electron chi connectivity index (χ4n) is 3.50. The average Bonchev–Trinajstić information content (AvgIpc) is 3.52. The van der Waals surface area contributed by atoms with E-state index in [9.17, 15) is 13.6 Å². The Kier molecular flexibility index (Phi) is 5.27. The summed E-state index contributed by atoms with van der Waals surface area (Å²) in [7, 11) is 0. The molecule has 164 valence electrons. The molecule has 3 heterocycles. The number of ether oxygens (including phenoxy) is 1. The number of hydrogen-bond acceptors (Lipinski definition) is 5. The summed E-state index contributed by atoms with van der Waals surface area (Å²) in [4.78, 5) is 26.9. The van der Waals surface area contributed by atoms with Crippen LogP contribution < -0.4 is 9.64 Å². The van der Waals surface area contributed by atoms with Crippen molar-refractivity contribution in [1.82, 2.24) is 15.0 Å². The van der Waals surface area contributed by atoms with Crippen LogP contribution in [0.15, 0.2) is 89.8 Å². The standard InChI is InChI=1S/C24H16F2N4O3/c25-23(26)33-16-9-7-15(8-10-16)30(24-28-14-20(29-24)21-6-3-13-32-21)22(31)18-11-12-27-19-5-2-1-4-17(18)19/h1-14,23H,(H,28,29). The molecule has 0 atom stereocenters. The Labute approximate surface area is 186 Å². The van der Waals surface area contributed by atoms with Crippen LogP contribution in [0.3, 0.4) is 0 Å². The predicted molar refractivity (Wildman–Crippen MR) is 118 cm³/mol. The van der Waals surface area contributed by atoms with Gasteiger partial charge in [-0.2, -0.15) is 8.78 Å². The van der Waals surface area contributed by atoms with Gasteiger partial charge in [-0.3, -0.25) is 9.78 Å². The number of anilines is 2. The zero-order valence-electron chi connectivity index (χ0n) is 17.0. The molecule has 5 rings (SSSR count). The lowest BCUT2D eigenvalue weighted by atomic mass is 10.1. The molecule has 7 nitrogen and oxygen atoms in total. The van der Waals surface area contributed by atoms with Gasteiger partial charge < -0.3 is 14.1 Å². The number of fused-ring (bicyclic) bond motifs is 1. The van der Waals surface area contributed by atoms with Crippen molar-refractivity contribution in [1.29, 1.82) is 0 Å². The maximum absolute atomic E-state index is 13.8. The van der Waals surface area contributed by atoms with Gasteiger partial charge in [-0.15, -0.1) is 0 Å². The molecule has 0 bridgehead atoms. The van der Waals surface area contributed by atoms with E-state index in [1.807, 2.05) is 24.3 Å². The third-order valence-electron chi connectivity index (χ3n) is 4.96. The number of rotatable bonds is 6. The van der Waals surface area contributed by atoms with Gasteiger partial charge in [0.1, 0.15) is 11.4 Å². The maximum atomic E-state index is 13.8. The fourth-order valence-corrected chi connectivity index (χ4v) is 3.50. The van der Waals surface area contributed by atoms with Crippen molar-refractivity contribution in [3.63, 3.8) is 0 Å². The Morgan fingerprint density at radius 3 is 2.58 bits per heavy atom. The second-order valence-electron chi connectivity index (χ2n) is 6.99. The first kappa shape index (κ1) is 20.4. The number of H-pyrrole nitrogens is 1. The molecule has 0 aliphatic rings. The number of carbonyl (C=O) groups excluding carboxylic acids is 1. The summed E-state index contributed by atoms with van der Waals surface area (Å²) in [6, 6.07) is 18.2. The van der Waals surface area contributed by atoms with Gasteiger partial charge >= 0.3 is 6.61 Å². The number of aromatic nitrogens is 3. The largest absolute Gasteiger partial charge is 0.463 e. The van der Waals surface area contributed by atoms with Gasteiger partial charge in [0.15, 0.2) is 5.76 Å². The van der Waals surface area contributed by atoms with E-state index in [-0.39, 0.29) is 17.6 Å². The van der Waals surface area contributed by atoms with Gasteiger partial charge in [-0.25, -0.2) is 9.88 Å². The normalized spacial score (nSPS) is 11.1. The highest BCUT2D eigenvalue weighted by molar-refractivity contribution is 6.16. The first-order valence-electron chi connectivity index (χ1n) is 9.92. The fraction of sp³-hybridized carbons (Fsp3) is 0.0417. The summed E-state index contributed by atoms with van der Waals surface area (Å²) in [5.74, 6) is 0.383. The smallest absolute Gasteiger partial charge is 0.387 e. The van der Waals surface area contributed by atoms with E-state index in [0.29, 0.717) is 33.6 Å². The molecular formula is C24H16F2N4O3. The number of alkyl halides is 2. The summed E-state index contributed by atoms with van der Waals surface area (Å²) in [6.45, 7) is -2.95. The van der Waals surface area contributed by atoms with E-state index in [4.69, 9.17) is 4.42 Å². The highest BCUT2D eigenvalue weighted by Gasteiger charge is 2.25. The van der Waals surface area contributed by atoms with Crippen LogP contribution >= 0.6 is 0 Å². The molecular weight excluding hydrogens is 430 g/mol. The topological polar surface area (TPSA) is 84.2 Å². The Bertz CT molecular complexity index is 1390. The molecule has 0 fully saturated rings. The number of amides is 1. The molecule has 5 aromatic rings. The van der Waals surface area contributed by atoms with E-state index in [1.54, 1.807) is 30.6 Å². The van der Waals surface area contributed by atoms with E-state index < -0.39 is 6.61 Å². The quantitative estimate of drug-likeness (QED) is 0.357. The number of pyridine rings is 1. The number of nitrogens with one attached hydrogen (secondary N) is 1. The first-order chi connectivity index (χ1) is 16.1. The van der Waals surface area contributed by atoms with Gasteiger partial charge in [0.2, 0.25) is 5.95 Å². The zero-order chi connectivity index (χ0) is 22.8. The van der Waals surface area contributed by atoms with Crippen LogP contribution in [0.4, 0.5) is 20.4 Å². The molecule has 0 unspecified atom stereocenters. The molecule has 1 N–H and O–H groups in total. The molecule has 0 aliphatic carbocycles. The maximum Gasteiger partial charge on any atom is 0.387 e. The molecule has 0 radical (unpaired) electrons. The monoisotopic (exact) mass is 446 g/mol. The third kappa shape index (κ3) is 4.03. The van der Waals surface area contributed by atoms with Crippen molar-refractivity contribution in [2.75, 3.05) is 4.90 Å². The van der Waals surface area contributed by atoms with Crippen LogP contribution in [-0.4, -0.2) is 27.5 Å². The SMILES string of the molecule is O=C(c1ccnc2ccccc12)N(c1ccc(OC(F)F)cc1)c1ncc(-c2ccco2)[nH]1. The Hall–Kier alpha value is -4.53. The summed E-state index contributed by atoms with van der Waals surface area (Å²) < 4.78 is 35.0. The van der Waals surface area contributed by atoms with E-state index in [0.717, 1.165) is 0 Å². The summed E-state index contributed by atoms with van der Waals surface area (Å²) >= 11 is 0. The van der Waals surface area contributed by atoms with Crippen LogP contribution in [0.5, 0.6) is 5.75 Å². The van der Waals surface area contributed by atoms with Crippen molar-refractivity contribution in [3.8, 4) is 17.2 Å². The van der Waals surface area contributed by atoms with E-state index >= 15 is 0 Å². The van der Waals surface area contributed by atoms with Crippen molar-refractivity contribution < 1.29 is 22.7 Å². The van der Waals surface area contributed by atoms with E-state index in [1.165, 1.54) is 35.4 Å². The molecule has 1 amide bonds. The molecule has 2 aromatic carbocycles. The van der Waals surface area contributed by atoms with Crippen LogP contribution in [0, 0.1) is 0 Å². The first-order valence-corrected chi connectivity index (χ1v) is 9.92. The number of halogens is 2. The Morgan fingerprint density at radius 2 is 1.82 bits per heavy atom. The zero-order valence-corrected chi connectivity index (χ0v) is 17.0. The molecule has 0 saturated heterocycles. The minimum Gasteiger partial charge on any atom is -0.463 e. The van der Waals surface area contributed by atoms with Crippen LogP contribution in [0.1, 0.15) is 10.4 Å². The highest BCUT2D eigenvalue weighted by atomic mass is 19.3. The van der Waals surface area contributed by atoms with Crippen molar-refractivity contribution >= 4 is 28.4 Å². The molecule has 0 saturated carbocycles. The lowest BCUT2D eigenvalue weighted by Crippen LogP contribution is -2.27. The number of hydrogen-bond donors (Lipinski definition) is 1. The third-order valence-corrected chi connectivity index (χ3v) is 4.96. The number of carbonyl (C=O) groups is 1. The summed E-state index contributed by atoms with van der Waals surface area (Å²) in [5, 5.41) is 0.672. The molecule has 3 aromatic heterocycles. The van der Waals surface area contributed by atoms with Gasteiger partial charge in [0, 0.05) is 11.6 Å². The molecule has 0 aliphatic heterocycles. The molecule has 9 heteroatoms. The minimum atomic E-state index is -2.95. The van der Waals surface area contributed by atoms with Crippen LogP contribution in [-0.2, 0) is 0 Å². The minimum absolute atomic E-state index is 0.0220. The van der Waals surface area contributed by atoms with Gasteiger partial charge in [0.25, 0.3) is 5.91 Å². The Balaban J connectivity index is 1.60. The van der Waals surface area contributed by atoms with Gasteiger partial charge in [0.05, 0.1) is 29.2 Å². The number of benzene rings is 2. The molecule has 33 heavy (non-hydrogen) atoms. The van der Waals surface area contributed by atoms with Crippen molar-refractivity contribution in [2.24, 2.45) is 0 Å². The lowest BCUT2D eigenvalue weighted by Gasteiger charge is -2.21. The number of aromatic amines is 1. The van der Waals surface area contributed by atoms with Gasteiger partial charge in [-0.1, -0.05) is 18.2 Å². The highest BCUT2D eigenvalue weighted by Crippen LogP contribution is 2.31. The lowest BCUT2D eigenvalue weighted by molar-refractivity contribution is -0.0498. The summed E-state index contributed by atoms with van der Waals surface area (Å²) in [6.07, 6.45) is 4.64. The van der Waals surface area contributed by atoms with Crippen LogP contribution in [0.2, 0.25) is 0 Å². The number of furan rings is 1. The second kappa shape index (κ2) is 8.54. The average molecular weight is 446 g/mol. The van der Waals surface area contributed by atoms with Crippen LogP contribution in [0.25, 0.3) is 22.4 Å². The van der Waals surface area contributed by atoms with Crippen molar-refractivity contribution in [3.05, 3.63) is 91.0 Å². The molecule has 0 spiro atoms.